The zero-order chi connectivity index (χ0) is 22.9. The maximum atomic E-state index is 12.7. The fraction of sp³-hybridized carbons (Fsp3) is 0.909. The fourth-order valence-corrected chi connectivity index (χ4v) is 2.83. The van der Waals surface area contributed by atoms with Gasteiger partial charge in [-0.3, -0.25) is 9.59 Å². The second-order valence-corrected chi connectivity index (χ2v) is 7.46. The van der Waals surface area contributed by atoms with E-state index in [4.69, 9.17) is 28.8 Å². The zero-order valence-electron chi connectivity index (χ0n) is 19.6. The molecule has 0 radical (unpaired) electrons. The third-order valence-electron chi connectivity index (χ3n) is 4.55. The van der Waals surface area contributed by atoms with Gasteiger partial charge in [0.2, 0.25) is 6.29 Å². The number of carboxylic acid groups (broad SMARTS) is 1. The summed E-state index contributed by atoms with van der Waals surface area (Å²) < 4.78 is 27.9. The largest absolute Gasteiger partial charge is 0.481 e. The van der Waals surface area contributed by atoms with Crippen molar-refractivity contribution in [2.75, 3.05) is 13.2 Å². The average molecular weight is 435 g/mol. The highest BCUT2D eigenvalue weighted by atomic mass is 16.8. The Bertz CT molecular complexity index is 456. The molecule has 0 aliphatic carbocycles. The lowest BCUT2D eigenvalue weighted by Gasteiger charge is -2.27. The molecule has 0 aromatic rings. The standard InChI is InChI=1S/C22H42O8/c1-7-9-14-26-17(4)28-16(3)20(12-11-13-21(23)24)22(25)30-19(6)29-18(5)27-15-10-8-2/h16-20H,7-15H2,1-6H3,(H,23,24). The highest BCUT2D eigenvalue weighted by molar-refractivity contribution is 5.73. The van der Waals surface area contributed by atoms with E-state index in [2.05, 4.69) is 13.8 Å². The molecule has 0 bridgehead atoms. The summed E-state index contributed by atoms with van der Waals surface area (Å²) in [4.78, 5) is 23.6. The van der Waals surface area contributed by atoms with Gasteiger partial charge in [0.1, 0.15) is 0 Å². The summed E-state index contributed by atoms with van der Waals surface area (Å²) in [5, 5.41) is 8.90. The first-order chi connectivity index (χ1) is 14.2. The van der Waals surface area contributed by atoms with Crippen molar-refractivity contribution in [1.29, 1.82) is 0 Å². The van der Waals surface area contributed by atoms with Crippen LogP contribution >= 0.6 is 0 Å². The molecule has 0 aliphatic heterocycles. The molecule has 0 fully saturated rings. The van der Waals surface area contributed by atoms with Gasteiger partial charge in [0.25, 0.3) is 0 Å². The highest BCUT2D eigenvalue weighted by Crippen LogP contribution is 2.21. The Morgan fingerprint density at radius 1 is 0.800 bits per heavy atom. The summed E-state index contributed by atoms with van der Waals surface area (Å²) in [5.74, 6) is -2.01. The van der Waals surface area contributed by atoms with Crippen molar-refractivity contribution in [3.63, 3.8) is 0 Å². The Balaban J connectivity index is 4.74. The van der Waals surface area contributed by atoms with Gasteiger partial charge in [0.05, 0.1) is 12.0 Å². The number of aliphatic carboxylic acids is 1. The van der Waals surface area contributed by atoms with Crippen molar-refractivity contribution in [3.8, 4) is 0 Å². The van der Waals surface area contributed by atoms with Crippen LogP contribution in [0.1, 0.15) is 86.5 Å². The maximum absolute atomic E-state index is 12.7. The van der Waals surface area contributed by atoms with E-state index in [1.54, 1.807) is 27.7 Å². The van der Waals surface area contributed by atoms with Gasteiger partial charge in [-0.25, -0.2) is 0 Å². The predicted octanol–water partition coefficient (Wildman–Crippen LogP) is 4.49. The summed E-state index contributed by atoms with van der Waals surface area (Å²) in [6, 6.07) is 0. The van der Waals surface area contributed by atoms with E-state index in [1.165, 1.54) is 0 Å². The van der Waals surface area contributed by atoms with Crippen LogP contribution in [0.4, 0.5) is 0 Å². The molecule has 8 heteroatoms. The molecule has 0 saturated heterocycles. The van der Waals surface area contributed by atoms with Crippen LogP contribution in [0, 0.1) is 5.92 Å². The first-order valence-electron chi connectivity index (χ1n) is 11.2. The molecular weight excluding hydrogens is 392 g/mol. The Kier molecular flexibility index (Phi) is 16.7. The molecule has 0 rings (SSSR count). The minimum atomic E-state index is -0.901. The Labute approximate surface area is 181 Å². The van der Waals surface area contributed by atoms with Gasteiger partial charge in [-0.1, -0.05) is 26.7 Å². The smallest absolute Gasteiger partial charge is 0.313 e. The summed E-state index contributed by atoms with van der Waals surface area (Å²) >= 11 is 0. The lowest BCUT2D eigenvalue weighted by molar-refractivity contribution is -0.235. The molecule has 8 nitrogen and oxygen atoms in total. The van der Waals surface area contributed by atoms with Gasteiger partial charge in [-0.15, -0.1) is 0 Å². The van der Waals surface area contributed by atoms with E-state index < -0.39 is 42.8 Å². The second kappa shape index (κ2) is 17.5. The second-order valence-electron chi connectivity index (χ2n) is 7.46. The molecule has 0 aromatic carbocycles. The Morgan fingerprint density at radius 3 is 1.83 bits per heavy atom. The normalized spacial score (nSPS) is 16.5. The van der Waals surface area contributed by atoms with E-state index in [0.29, 0.717) is 26.1 Å². The van der Waals surface area contributed by atoms with Gasteiger partial charge in [-0.05, 0) is 53.4 Å². The van der Waals surface area contributed by atoms with Gasteiger partial charge >= 0.3 is 11.9 Å². The van der Waals surface area contributed by atoms with Gasteiger partial charge in [0.15, 0.2) is 12.6 Å². The molecule has 0 aromatic heterocycles. The third-order valence-corrected chi connectivity index (χ3v) is 4.55. The van der Waals surface area contributed by atoms with Gasteiger partial charge in [0, 0.05) is 19.6 Å². The van der Waals surface area contributed by atoms with Crippen molar-refractivity contribution in [2.24, 2.45) is 5.92 Å². The number of unbranched alkanes of at least 4 members (excludes halogenated alkanes) is 2. The zero-order valence-corrected chi connectivity index (χ0v) is 19.6. The molecule has 0 heterocycles. The van der Waals surface area contributed by atoms with E-state index in [1.807, 2.05) is 0 Å². The SMILES string of the molecule is CCCCOC(C)OC(C)OC(=O)C(CCCC(=O)O)C(C)OC(C)OCCCC. The fourth-order valence-electron chi connectivity index (χ4n) is 2.83. The Morgan fingerprint density at radius 2 is 1.33 bits per heavy atom. The average Bonchev–Trinajstić information content (AvgIpc) is 2.64. The van der Waals surface area contributed by atoms with E-state index in [9.17, 15) is 9.59 Å². The molecule has 5 atom stereocenters. The number of rotatable bonds is 19. The molecule has 5 unspecified atom stereocenters. The van der Waals surface area contributed by atoms with Crippen molar-refractivity contribution in [2.45, 2.75) is 111 Å². The number of hydrogen-bond acceptors (Lipinski definition) is 7. The lowest BCUT2D eigenvalue weighted by atomic mass is 9.96. The summed E-state index contributed by atoms with van der Waals surface area (Å²) in [6.45, 7) is 12.3. The predicted molar refractivity (Wildman–Crippen MR) is 113 cm³/mol. The van der Waals surface area contributed by atoms with Crippen LogP contribution in [0.15, 0.2) is 0 Å². The van der Waals surface area contributed by atoms with E-state index in [-0.39, 0.29) is 6.42 Å². The molecular formula is C22H42O8. The van der Waals surface area contributed by atoms with Gasteiger partial charge < -0.3 is 28.8 Å². The quantitative estimate of drug-likeness (QED) is 0.180. The lowest BCUT2D eigenvalue weighted by Crippen LogP contribution is -2.36. The van der Waals surface area contributed by atoms with Crippen LogP contribution in [0.25, 0.3) is 0 Å². The van der Waals surface area contributed by atoms with E-state index in [0.717, 1.165) is 25.7 Å². The van der Waals surface area contributed by atoms with Crippen molar-refractivity contribution >= 4 is 11.9 Å². The van der Waals surface area contributed by atoms with Crippen LogP contribution in [-0.4, -0.2) is 55.2 Å². The van der Waals surface area contributed by atoms with Crippen LogP contribution < -0.4 is 0 Å². The van der Waals surface area contributed by atoms with Crippen molar-refractivity contribution < 1.29 is 38.4 Å². The van der Waals surface area contributed by atoms with Crippen LogP contribution in [0.2, 0.25) is 0 Å². The molecule has 0 saturated carbocycles. The number of carbonyl (C=O) groups is 2. The number of esters is 1. The first kappa shape index (κ1) is 28.8. The number of hydrogen-bond donors (Lipinski definition) is 1. The van der Waals surface area contributed by atoms with Crippen molar-refractivity contribution in [1.82, 2.24) is 0 Å². The van der Waals surface area contributed by atoms with E-state index >= 15 is 0 Å². The number of carbonyl (C=O) groups excluding carboxylic acids is 1. The molecule has 0 aliphatic rings. The topological polar surface area (TPSA) is 101 Å². The highest BCUT2D eigenvalue weighted by Gasteiger charge is 2.30. The van der Waals surface area contributed by atoms with Crippen LogP contribution in [0.3, 0.4) is 0 Å². The first-order valence-corrected chi connectivity index (χ1v) is 11.2. The number of ether oxygens (including phenoxy) is 5. The van der Waals surface area contributed by atoms with Crippen LogP contribution in [0.5, 0.6) is 0 Å². The Hall–Kier alpha value is -1.22. The molecule has 0 spiro atoms. The monoisotopic (exact) mass is 434 g/mol. The summed E-state index contributed by atoms with van der Waals surface area (Å²) in [7, 11) is 0. The van der Waals surface area contributed by atoms with Crippen LogP contribution in [-0.2, 0) is 33.3 Å². The minimum Gasteiger partial charge on any atom is -0.481 e. The third kappa shape index (κ3) is 14.7. The molecule has 30 heavy (non-hydrogen) atoms. The number of carboxylic acids is 1. The summed E-state index contributed by atoms with van der Waals surface area (Å²) in [5.41, 5.74) is 0. The molecule has 0 amide bonds. The maximum Gasteiger partial charge on any atom is 0.313 e. The minimum absolute atomic E-state index is 0.0204. The summed E-state index contributed by atoms with van der Waals surface area (Å²) in [6.07, 6.45) is 2.32. The molecule has 178 valence electrons. The van der Waals surface area contributed by atoms with Gasteiger partial charge in [-0.2, -0.15) is 0 Å². The molecule has 1 N–H and O–H groups in total. The van der Waals surface area contributed by atoms with Crippen molar-refractivity contribution in [3.05, 3.63) is 0 Å².